The topological polar surface area (TPSA) is 81.6 Å². The first kappa shape index (κ1) is 20.4. The zero-order valence-electron chi connectivity index (χ0n) is 15.7. The van der Waals surface area contributed by atoms with Crippen LogP contribution in [0.3, 0.4) is 0 Å². The Bertz CT molecular complexity index is 640. The number of nitrogens with zero attached hydrogens (tertiary/aromatic N) is 3. The second-order valence-electron chi connectivity index (χ2n) is 7.30. The third-order valence-electron chi connectivity index (χ3n) is 4.15. The summed E-state index contributed by atoms with van der Waals surface area (Å²) in [6.45, 7) is 8.61. The summed E-state index contributed by atoms with van der Waals surface area (Å²) in [6.07, 6.45) is 3.95. The van der Waals surface area contributed by atoms with E-state index in [-0.39, 0.29) is 23.1 Å². The standard InChI is InChI=1S/C18H26ClN3O4/c1-5-25-16(23)15(13-10-20-11-14(19)21-13)12-6-8-22(9-7-12)17(24)26-18(2,3)4/h10-12,15H,5-9H2,1-4H3. The fraction of sp³-hybridized carbons (Fsp3) is 0.667. The van der Waals surface area contributed by atoms with Crippen LogP contribution in [0.4, 0.5) is 4.79 Å². The molecule has 1 atom stereocenters. The molecule has 8 heteroatoms. The summed E-state index contributed by atoms with van der Waals surface area (Å²) in [7, 11) is 0. The summed E-state index contributed by atoms with van der Waals surface area (Å²) >= 11 is 5.94. The van der Waals surface area contributed by atoms with Gasteiger partial charge < -0.3 is 14.4 Å². The predicted molar refractivity (Wildman–Crippen MR) is 96.9 cm³/mol. The van der Waals surface area contributed by atoms with Crippen LogP contribution in [0.1, 0.15) is 52.1 Å². The monoisotopic (exact) mass is 383 g/mol. The first-order valence-corrected chi connectivity index (χ1v) is 9.21. The molecule has 1 aromatic heterocycles. The molecule has 144 valence electrons. The maximum atomic E-state index is 12.5. The van der Waals surface area contributed by atoms with Gasteiger partial charge in [-0.05, 0) is 46.5 Å². The van der Waals surface area contributed by atoms with Crippen molar-refractivity contribution in [1.82, 2.24) is 14.9 Å². The van der Waals surface area contributed by atoms with E-state index in [4.69, 9.17) is 21.1 Å². The van der Waals surface area contributed by atoms with Gasteiger partial charge in [0.15, 0.2) is 0 Å². The molecular weight excluding hydrogens is 358 g/mol. The number of rotatable bonds is 4. The Balaban J connectivity index is 2.09. The first-order valence-electron chi connectivity index (χ1n) is 8.83. The summed E-state index contributed by atoms with van der Waals surface area (Å²) in [5.74, 6) is -0.873. The molecule has 0 N–H and O–H groups in total. The summed E-state index contributed by atoms with van der Waals surface area (Å²) in [6, 6.07) is 0. The molecular formula is C18H26ClN3O4. The van der Waals surface area contributed by atoms with Crippen molar-refractivity contribution in [3.63, 3.8) is 0 Å². The summed E-state index contributed by atoms with van der Waals surface area (Å²) in [5, 5.41) is 0.239. The lowest BCUT2D eigenvalue weighted by atomic mass is 9.82. The number of carbonyl (C=O) groups is 2. The largest absolute Gasteiger partial charge is 0.465 e. The molecule has 0 aromatic carbocycles. The fourth-order valence-electron chi connectivity index (χ4n) is 3.03. The average molecular weight is 384 g/mol. The van der Waals surface area contributed by atoms with Crippen LogP contribution in [0.5, 0.6) is 0 Å². The van der Waals surface area contributed by atoms with Gasteiger partial charge in [-0.15, -0.1) is 0 Å². The van der Waals surface area contributed by atoms with Gasteiger partial charge in [0.05, 0.1) is 18.5 Å². The third kappa shape index (κ3) is 5.56. The molecule has 1 amide bonds. The van der Waals surface area contributed by atoms with Crippen molar-refractivity contribution >= 4 is 23.7 Å². The highest BCUT2D eigenvalue weighted by Crippen LogP contribution is 2.33. The van der Waals surface area contributed by atoms with E-state index in [2.05, 4.69) is 9.97 Å². The lowest BCUT2D eigenvalue weighted by Gasteiger charge is -2.35. The van der Waals surface area contributed by atoms with Crippen LogP contribution in [0.15, 0.2) is 12.4 Å². The predicted octanol–water partition coefficient (Wildman–Crippen LogP) is 3.42. The van der Waals surface area contributed by atoms with Crippen molar-refractivity contribution in [2.24, 2.45) is 5.92 Å². The Morgan fingerprint density at radius 3 is 2.50 bits per heavy atom. The molecule has 1 unspecified atom stereocenters. The second kappa shape index (κ2) is 8.66. The second-order valence-corrected chi connectivity index (χ2v) is 7.69. The number of ether oxygens (including phenoxy) is 2. The first-order chi connectivity index (χ1) is 12.2. The highest BCUT2D eigenvalue weighted by molar-refractivity contribution is 6.29. The van der Waals surface area contributed by atoms with Crippen molar-refractivity contribution in [2.45, 2.75) is 52.1 Å². The van der Waals surface area contributed by atoms with Gasteiger partial charge in [0.25, 0.3) is 0 Å². The lowest BCUT2D eigenvalue weighted by Crippen LogP contribution is -2.43. The Morgan fingerprint density at radius 2 is 1.96 bits per heavy atom. The summed E-state index contributed by atoms with van der Waals surface area (Å²) < 4.78 is 10.7. The summed E-state index contributed by atoms with van der Waals surface area (Å²) in [4.78, 5) is 34.7. The maximum Gasteiger partial charge on any atom is 0.410 e. The van der Waals surface area contributed by atoms with Gasteiger partial charge in [-0.25, -0.2) is 9.78 Å². The molecule has 7 nitrogen and oxygen atoms in total. The zero-order valence-corrected chi connectivity index (χ0v) is 16.5. The van der Waals surface area contributed by atoms with Gasteiger partial charge in [0, 0.05) is 19.3 Å². The molecule has 2 rings (SSSR count). The number of likely N-dealkylation sites (tertiary alicyclic amines) is 1. The van der Waals surface area contributed by atoms with E-state index in [0.717, 1.165) is 0 Å². The number of halogens is 1. The molecule has 0 aliphatic carbocycles. The molecule has 1 saturated heterocycles. The molecule has 1 aromatic rings. The van der Waals surface area contributed by atoms with E-state index in [0.29, 0.717) is 38.2 Å². The lowest BCUT2D eigenvalue weighted by molar-refractivity contribution is -0.147. The molecule has 26 heavy (non-hydrogen) atoms. The number of hydrogen-bond donors (Lipinski definition) is 0. The molecule has 0 radical (unpaired) electrons. The minimum atomic E-state index is -0.540. The molecule has 1 fully saturated rings. The molecule has 1 aliphatic rings. The van der Waals surface area contributed by atoms with E-state index in [1.54, 1.807) is 18.0 Å². The van der Waals surface area contributed by atoms with Crippen LogP contribution in [-0.4, -0.2) is 52.2 Å². The molecule has 2 heterocycles. The fourth-order valence-corrected chi connectivity index (χ4v) is 3.19. The normalized spacial score (nSPS) is 16.9. The Morgan fingerprint density at radius 1 is 1.31 bits per heavy atom. The quantitative estimate of drug-likeness (QED) is 0.741. The SMILES string of the molecule is CCOC(=O)C(c1cncc(Cl)n1)C1CCN(C(=O)OC(C)(C)C)CC1. The number of aromatic nitrogens is 2. The minimum absolute atomic E-state index is 0.000466. The van der Waals surface area contributed by atoms with Gasteiger partial charge in [-0.1, -0.05) is 11.6 Å². The Kier molecular flexibility index (Phi) is 6.81. The zero-order chi connectivity index (χ0) is 19.3. The Labute approximate surface area is 159 Å². The number of esters is 1. The number of hydrogen-bond acceptors (Lipinski definition) is 6. The number of carbonyl (C=O) groups excluding carboxylic acids is 2. The van der Waals surface area contributed by atoms with Crippen LogP contribution in [0.25, 0.3) is 0 Å². The average Bonchev–Trinajstić information content (AvgIpc) is 2.54. The van der Waals surface area contributed by atoms with Crippen molar-refractivity contribution in [1.29, 1.82) is 0 Å². The smallest absolute Gasteiger partial charge is 0.410 e. The molecule has 0 spiro atoms. The van der Waals surface area contributed by atoms with Crippen LogP contribution in [-0.2, 0) is 14.3 Å². The summed E-state index contributed by atoms with van der Waals surface area (Å²) in [5.41, 5.74) is -0.0238. The van der Waals surface area contributed by atoms with E-state index in [1.165, 1.54) is 6.20 Å². The number of amides is 1. The van der Waals surface area contributed by atoms with Gasteiger partial charge in [-0.3, -0.25) is 9.78 Å². The van der Waals surface area contributed by atoms with Crippen LogP contribution < -0.4 is 0 Å². The van der Waals surface area contributed by atoms with Gasteiger partial charge >= 0.3 is 12.1 Å². The van der Waals surface area contributed by atoms with Crippen molar-refractivity contribution < 1.29 is 19.1 Å². The van der Waals surface area contributed by atoms with Crippen LogP contribution in [0.2, 0.25) is 5.15 Å². The van der Waals surface area contributed by atoms with Gasteiger partial charge in [-0.2, -0.15) is 0 Å². The van der Waals surface area contributed by atoms with E-state index >= 15 is 0 Å². The highest BCUT2D eigenvalue weighted by atomic mass is 35.5. The molecule has 1 aliphatic heterocycles. The third-order valence-corrected chi connectivity index (χ3v) is 4.33. The minimum Gasteiger partial charge on any atom is -0.465 e. The molecule has 0 saturated carbocycles. The van der Waals surface area contributed by atoms with Crippen LogP contribution in [0, 0.1) is 5.92 Å². The number of piperidine rings is 1. The highest BCUT2D eigenvalue weighted by Gasteiger charge is 2.36. The van der Waals surface area contributed by atoms with E-state index < -0.39 is 11.5 Å². The maximum absolute atomic E-state index is 12.5. The van der Waals surface area contributed by atoms with Crippen molar-refractivity contribution in [2.75, 3.05) is 19.7 Å². The van der Waals surface area contributed by atoms with Gasteiger partial charge in [0.1, 0.15) is 16.7 Å². The molecule has 0 bridgehead atoms. The Hall–Kier alpha value is -1.89. The van der Waals surface area contributed by atoms with E-state index in [1.807, 2.05) is 20.8 Å². The van der Waals surface area contributed by atoms with Crippen molar-refractivity contribution in [3.05, 3.63) is 23.2 Å². The van der Waals surface area contributed by atoms with E-state index in [9.17, 15) is 9.59 Å². The van der Waals surface area contributed by atoms with Crippen LogP contribution >= 0.6 is 11.6 Å². The van der Waals surface area contributed by atoms with Gasteiger partial charge in [0.2, 0.25) is 0 Å². The van der Waals surface area contributed by atoms with Crippen molar-refractivity contribution in [3.8, 4) is 0 Å².